The Morgan fingerprint density at radius 1 is 1.30 bits per heavy atom. The van der Waals surface area contributed by atoms with Crippen LogP contribution in [0.2, 0.25) is 0 Å². The average molecular weight is 287 g/mol. The van der Waals surface area contributed by atoms with Crippen LogP contribution in [0.25, 0.3) is 0 Å². The molecule has 2 heterocycles. The third-order valence-corrected chi connectivity index (χ3v) is 4.76. The van der Waals surface area contributed by atoms with Gasteiger partial charge in [-0.1, -0.05) is 0 Å². The minimum Gasteiger partial charge on any atom is -0.399 e. The van der Waals surface area contributed by atoms with Crippen LogP contribution in [-0.2, 0) is 6.42 Å². The van der Waals surface area contributed by atoms with Gasteiger partial charge in [-0.2, -0.15) is 0 Å². The summed E-state index contributed by atoms with van der Waals surface area (Å²) < 4.78 is 0. The SMILES string of the molecule is CC1c2ccsc2CCN1C(=O)c1cc(N)cc(N)c1. The summed E-state index contributed by atoms with van der Waals surface area (Å²) in [7, 11) is 0. The number of nitrogen functional groups attached to an aromatic ring is 2. The van der Waals surface area contributed by atoms with Gasteiger partial charge in [0.25, 0.3) is 5.91 Å². The molecule has 1 aliphatic rings. The number of benzene rings is 1. The molecule has 0 saturated heterocycles. The number of amides is 1. The molecule has 20 heavy (non-hydrogen) atoms. The normalized spacial score (nSPS) is 17.9. The molecule has 0 saturated carbocycles. The van der Waals surface area contributed by atoms with Crippen LogP contribution in [-0.4, -0.2) is 17.4 Å². The summed E-state index contributed by atoms with van der Waals surface area (Å²) in [4.78, 5) is 15.9. The van der Waals surface area contributed by atoms with Crippen LogP contribution in [0.5, 0.6) is 0 Å². The van der Waals surface area contributed by atoms with Crippen molar-refractivity contribution in [3.05, 3.63) is 45.6 Å². The van der Waals surface area contributed by atoms with Crippen molar-refractivity contribution < 1.29 is 4.79 Å². The maximum absolute atomic E-state index is 12.7. The first-order chi connectivity index (χ1) is 9.56. The lowest BCUT2D eigenvalue weighted by Gasteiger charge is -2.33. The molecule has 3 rings (SSSR count). The topological polar surface area (TPSA) is 72.3 Å². The molecule has 1 amide bonds. The molecule has 0 aliphatic carbocycles. The standard InChI is InChI=1S/C15H17N3OS/c1-9-13-3-5-20-14(13)2-4-18(9)15(19)10-6-11(16)8-12(17)7-10/h3,5-9H,2,4,16-17H2,1H3. The zero-order valence-corrected chi connectivity index (χ0v) is 12.1. The number of hydrogen-bond donors (Lipinski definition) is 2. The monoisotopic (exact) mass is 287 g/mol. The molecule has 2 aromatic rings. The third-order valence-electron chi connectivity index (χ3n) is 3.76. The Hall–Kier alpha value is -2.01. The molecule has 1 aromatic heterocycles. The van der Waals surface area contributed by atoms with Crippen molar-refractivity contribution in [2.45, 2.75) is 19.4 Å². The fraction of sp³-hybridized carbons (Fsp3) is 0.267. The Bertz CT molecular complexity index is 645. The highest BCUT2D eigenvalue weighted by molar-refractivity contribution is 7.10. The molecule has 0 spiro atoms. The summed E-state index contributed by atoms with van der Waals surface area (Å²) in [6, 6.07) is 7.24. The van der Waals surface area contributed by atoms with Crippen LogP contribution in [0.15, 0.2) is 29.6 Å². The van der Waals surface area contributed by atoms with E-state index in [1.165, 1.54) is 10.4 Å². The van der Waals surface area contributed by atoms with E-state index in [0.717, 1.165) is 13.0 Å². The number of nitrogens with zero attached hydrogens (tertiary/aromatic N) is 1. The van der Waals surface area contributed by atoms with Crippen molar-refractivity contribution in [3.8, 4) is 0 Å². The number of nitrogens with two attached hydrogens (primary N) is 2. The molecule has 1 atom stereocenters. The van der Waals surface area contributed by atoms with Gasteiger partial charge in [0.15, 0.2) is 0 Å². The van der Waals surface area contributed by atoms with Gasteiger partial charge in [-0.15, -0.1) is 11.3 Å². The van der Waals surface area contributed by atoms with Gasteiger partial charge in [0.1, 0.15) is 0 Å². The molecule has 1 aliphatic heterocycles. The van der Waals surface area contributed by atoms with Crippen molar-refractivity contribution in [2.24, 2.45) is 0 Å². The molecule has 0 bridgehead atoms. The molecule has 4 N–H and O–H groups in total. The van der Waals surface area contributed by atoms with E-state index in [-0.39, 0.29) is 11.9 Å². The summed E-state index contributed by atoms with van der Waals surface area (Å²) in [5, 5.41) is 2.09. The van der Waals surface area contributed by atoms with Crippen LogP contribution in [0.4, 0.5) is 11.4 Å². The van der Waals surface area contributed by atoms with Gasteiger partial charge in [-0.25, -0.2) is 0 Å². The molecule has 1 aromatic carbocycles. The van der Waals surface area contributed by atoms with Crippen molar-refractivity contribution >= 4 is 28.6 Å². The van der Waals surface area contributed by atoms with Crippen molar-refractivity contribution in [2.75, 3.05) is 18.0 Å². The quantitative estimate of drug-likeness (QED) is 0.792. The summed E-state index contributed by atoms with van der Waals surface area (Å²) in [5.74, 6) is -0.00616. The van der Waals surface area contributed by atoms with Gasteiger partial charge in [0.05, 0.1) is 6.04 Å². The van der Waals surface area contributed by atoms with E-state index in [1.54, 1.807) is 29.5 Å². The zero-order valence-electron chi connectivity index (χ0n) is 11.3. The molecule has 104 valence electrons. The predicted molar refractivity (Wildman–Crippen MR) is 82.7 cm³/mol. The van der Waals surface area contributed by atoms with E-state index in [0.29, 0.717) is 16.9 Å². The first kappa shape index (κ1) is 13.0. The molecule has 4 nitrogen and oxygen atoms in total. The average Bonchev–Trinajstić information content (AvgIpc) is 2.86. The lowest BCUT2D eigenvalue weighted by Crippen LogP contribution is -2.38. The summed E-state index contributed by atoms with van der Waals surface area (Å²) in [6.45, 7) is 2.81. The first-order valence-electron chi connectivity index (χ1n) is 6.59. The number of carbonyl (C=O) groups is 1. The minimum absolute atomic E-state index is 0.00616. The minimum atomic E-state index is -0.00616. The number of rotatable bonds is 1. The fourth-order valence-electron chi connectivity index (χ4n) is 2.75. The van der Waals surface area contributed by atoms with Crippen LogP contribution in [0, 0.1) is 0 Å². The molecule has 1 unspecified atom stereocenters. The van der Waals surface area contributed by atoms with Gasteiger partial charge in [-0.3, -0.25) is 4.79 Å². The van der Waals surface area contributed by atoms with Gasteiger partial charge in [0, 0.05) is 28.4 Å². The van der Waals surface area contributed by atoms with Crippen LogP contribution < -0.4 is 11.5 Å². The highest BCUT2D eigenvalue weighted by atomic mass is 32.1. The van der Waals surface area contributed by atoms with Crippen LogP contribution >= 0.6 is 11.3 Å². The number of fused-ring (bicyclic) bond motifs is 1. The predicted octanol–water partition coefficient (Wildman–Crippen LogP) is 2.67. The lowest BCUT2D eigenvalue weighted by atomic mass is 10.00. The number of carbonyl (C=O) groups excluding carboxylic acids is 1. The van der Waals surface area contributed by atoms with Gasteiger partial charge >= 0.3 is 0 Å². The maximum atomic E-state index is 12.7. The molecule has 0 radical (unpaired) electrons. The van der Waals surface area contributed by atoms with Crippen LogP contribution in [0.3, 0.4) is 0 Å². The highest BCUT2D eigenvalue weighted by Crippen LogP contribution is 2.33. The lowest BCUT2D eigenvalue weighted by molar-refractivity contribution is 0.0679. The van der Waals surface area contributed by atoms with Crippen molar-refractivity contribution in [1.82, 2.24) is 4.90 Å². The largest absolute Gasteiger partial charge is 0.399 e. The Morgan fingerprint density at radius 3 is 2.70 bits per heavy atom. The third kappa shape index (κ3) is 2.14. The number of hydrogen-bond acceptors (Lipinski definition) is 4. The Morgan fingerprint density at radius 2 is 2.00 bits per heavy atom. The fourth-order valence-corrected chi connectivity index (χ4v) is 3.72. The van der Waals surface area contributed by atoms with E-state index in [1.807, 2.05) is 4.90 Å². The summed E-state index contributed by atoms with van der Waals surface area (Å²) >= 11 is 1.77. The maximum Gasteiger partial charge on any atom is 0.254 e. The highest BCUT2D eigenvalue weighted by Gasteiger charge is 2.29. The van der Waals surface area contributed by atoms with Gasteiger partial charge < -0.3 is 16.4 Å². The summed E-state index contributed by atoms with van der Waals surface area (Å²) in [6.07, 6.45) is 0.918. The van der Waals surface area contributed by atoms with Gasteiger partial charge in [-0.05, 0) is 48.6 Å². The van der Waals surface area contributed by atoms with Gasteiger partial charge in [0.2, 0.25) is 0 Å². The van der Waals surface area contributed by atoms with Crippen molar-refractivity contribution in [1.29, 1.82) is 0 Å². The Labute approximate surface area is 122 Å². The first-order valence-corrected chi connectivity index (χ1v) is 7.47. The molecular formula is C15H17N3OS. The molecule has 5 heteroatoms. The van der Waals surface area contributed by atoms with Crippen molar-refractivity contribution in [3.63, 3.8) is 0 Å². The molecular weight excluding hydrogens is 270 g/mol. The molecule has 0 fully saturated rings. The van der Waals surface area contributed by atoms with E-state index in [9.17, 15) is 4.79 Å². The Balaban J connectivity index is 1.92. The van der Waals surface area contributed by atoms with E-state index in [2.05, 4.69) is 18.4 Å². The van der Waals surface area contributed by atoms with E-state index < -0.39 is 0 Å². The second-order valence-corrected chi connectivity index (χ2v) is 6.11. The smallest absolute Gasteiger partial charge is 0.254 e. The van der Waals surface area contributed by atoms with E-state index >= 15 is 0 Å². The number of thiophene rings is 1. The van der Waals surface area contributed by atoms with Crippen LogP contribution in [0.1, 0.15) is 33.8 Å². The second kappa shape index (κ2) is 4.83. The zero-order chi connectivity index (χ0) is 14.3. The second-order valence-electron chi connectivity index (χ2n) is 5.11. The number of anilines is 2. The summed E-state index contributed by atoms with van der Waals surface area (Å²) in [5.41, 5.74) is 14.4. The Kier molecular flexibility index (Phi) is 3.14. The van der Waals surface area contributed by atoms with E-state index in [4.69, 9.17) is 11.5 Å².